The van der Waals surface area contributed by atoms with E-state index in [1.54, 1.807) is 0 Å². The van der Waals surface area contributed by atoms with Crippen molar-refractivity contribution in [3.8, 4) is 17.2 Å². The van der Waals surface area contributed by atoms with Crippen LogP contribution in [-0.4, -0.2) is 4.40 Å². The fraction of sp³-hybridized carbons (Fsp3) is 0. The molecule has 0 aliphatic rings. The van der Waals surface area contributed by atoms with Gasteiger partial charge in [0, 0.05) is 18.0 Å². The summed E-state index contributed by atoms with van der Waals surface area (Å²) >= 11 is 0. The number of nitrogens with zero attached hydrogens (tertiary/aromatic N) is 2. The molecule has 0 amide bonds. The second-order valence-corrected chi connectivity index (χ2v) is 3.89. The normalized spacial score (nSPS) is 10.3. The van der Waals surface area contributed by atoms with Crippen molar-refractivity contribution in [2.75, 3.05) is 0 Å². The van der Waals surface area contributed by atoms with Crippen molar-refractivity contribution >= 4 is 5.52 Å². The van der Waals surface area contributed by atoms with Crippen molar-refractivity contribution in [2.45, 2.75) is 0 Å². The number of fused-ring (bicyclic) bond motifs is 1. The smallest absolute Gasteiger partial charge is 0.101 e. The van der Waals surface area contributed by atoms with Gasteiger partial charge in [0.2, 0.25) is 0 Å². The van der Waals surface area contributed by atoms with Crippen molar-refractivity contribution < 1.29 is 0 Å². The van der Waals surface area contributed by atoms with Gasteiger partial charge in [-0.2, -0.15) is 5.26 Å². The molecule has 0 saturated heterocycles. The molecule has 0 atom stereocenters. The van der Waals surface area contributed by atoms with Gasteiger partial charge in [0.05, 0.1) is 11.1 Å². The van der Waals surface area contributed by atoms with Crippen molar-refractivity contribution in [1.82, 2.24) is 4.40 Å². The molecule has 2 heteroatoms. The van der Waals surface area contributed by atoms with Gasteiger partial charge in [0.15, 0.2) is 0 Å². The number of aromatic nitrogens is 1. The van der Waals surface area contributed by atoms with E-state index in [0.29, 0.717) is 5.56 Å². The summed E-state index contributed by atoms with van der Waals surface area (Å²) in [6.45, 7) is 0. The summed E-state index contributed by atoms with van der Waals surface area (Å²) in [7, 11) is 0. The molecular weight excluding hydrogens is 208 g/mol. The lowest BCUT2D eigenvalue weighted by molar-refractivity contribution is 1.20. The molecule has 0 fully saturated rings. The highest BCUT2D eigenvalue weighted by molar-refractivity contribution is 5.86. The number of benzene rings is 1. The fourth-order valence-corrected chi connectivity index (χ4v) is 2.12. The van der Waals surface area contributed by atoms with Crippen LogP contribution in [0.5, 0.6) is 0 Å². The van der Waals surface area contributed by atoms with Crippen LogP contribution >= 0.6 is 0 Å². The Labute approximate surface area is 99.4 Å². The Balaban J connectivity index is 2.39. The molecular formula is C15H10N2. The van der Waals surface area contributed by atoms with Gasteiger partial charge < -0.3 is 4.40 Å². The molecule has 0 radical (unpaired) electrons. The second-order valence-electron chi connectivity index (χ2n) is 3.89. The van der Waals surface area contributed by atoms with Crippen LogP contribution in [-0.2, 0) is 0 Å². The van der Waals surface area contributed by atoms with Crippen LogP contribution in [0.15, 0.2) is 60.9 Å². The quantitative estimate of drug-likeness (QED) is 0.614. The van der Waals surface area contributed by atoms with Crippen LogP contribution in [0.25, 0.3) is 16.6 Å². The minimum absolute atomic E-state index is 0.711. The first-order valence-corrected chi connectivity index (χ1v) is 5.45. The summed E-state index contributed by atoms with van der Waals surface area (Å²) < 4.78 is 1.99. The van der Waals surface area contributed by atoms with Gasteiger partial charge >= 0.3 is 0 Å². The lowest BCUT2D eigenvalue weighted by atomic mass is 10.0. The SMILES string of the molecule is N#Cc1cn2ccccc2c1-c1ccccc1. The molecule has 3 rings (SSSR count). The van der Waals surface area contributed by atoms with Crippen LogP contribution < -0.4 is 0 Å². The average molecular weight is 218 g/mol. The van der Waals surface area contributed by atoms with E-state index < -0.39 is 0 Å². The third-order valence-electron chi connectivity index (χ3n) is 2.87. The van der Waals surface area contributed by atoms with Crippen LogP contribution in [0.1, 0.15) is 5.56 Å². The first kappa shape index (κ1) is 9.68. The first-order valence-electron chi connectivity index (χ1n) is 5.45. The Morgan fingerprint density at radius 1 is 0.941 bits per heavy atom. The van der Waals surface area contributed by atoms with Crippen molar-refractivity contribution in [3.63, 3.8) is 0 Å². The van der Waals surface area contributed by atoms with Crippen LogP contribution in [0, 0.1) is 11.3 Å². The predicted molar refractivity (Wildman–Crippen MR) is 67.5 cm³/mol. The van der Waals surface area contributed by atoms with Gasteiger partial charge in [-0.25, -0.2) is 0 Å². The zero-order valence-corrected chi connectivity index (χ0v) is 9.17. The van der Waals surface area contributed by atoms with Gasteiger partial charge in [-0.3, -0.25) is 0 Å². The first-order chi connectivity index (χ1) is 8.40. The summed E-state index contributed by atoms with van der Waals surface area (Å²) in [6.07, 6.45) is 3.83. The average Bonchev–Trinajstić information content (AvgIpc) is 2.78. The summed E-state index contributed by atoms with van der Waals surface area (Å²) in [5, 5.41) is 9.22. The van der Waals surface area contributed by atoms with Gasteiger partial charge in [0.25, 0.3) is 0 Å². The standard InChI is InChI=1S/C15H10N2/c16-10-13-11-17-9-5-4-8-14(17)15(13)12-6-2-1-3-7-12/h1-9,11H. The summed E-state index contributed by atoms with van der Waals surface area (Å²) in [5.74, 6) is 0. The van der Waals surface area contributed by atoms with E-state index in [1.165, 1.54) is 0 Å². The summed E-state index contributed by atoms with van der Waals surface area (Å²) in [6, 6.07) is 18.3. The Morgan fingerprint density at radius 2 is 1.71 bits per heavy atom. The highest BCUT2D eigenvalue weighted by Crippen LogP contribution is 2.29. The number of rotatable bonds is 1. The highest BCUT2D eigenvalue weighted by Gasteiger charge is 2.11. The van der Waals surface area contributed by atoms with Gasteiger partial charge in [0.1, 0.15) is 6.07 Å². The minimum atomic E-state index is 0.711. The molecule has 1 aromatic carbocycles. The van der Waals surface area contributed by atoms with Gasteiger partial charge in [-0.1, -0.05) is 36.4 Å². The van der Waals surface area contributed by atoms with E-state index in [4.69, 9.17) is 0 Å². The second kappa shape index (κ2) is 3.80. The zero-order chi connectivity index (χ0) is 11.7. The molecule has 80 valence electrons. The Kier molecular flexibility index (Phi) is 2.16. The topological polar surface area (TPSA) is 28.2 Å². The maximum atomic E-state index is 9.22. The molecule has 0 aliphatic carbocycles. The third kappa shape index (κ3) is 1.49. The molecule has 3 aromatic rings. The molecule has 0 N–H and O–H groups in total. The number of pyridine rings is 1. The third-order valence-corrected chi connectivity index (χ3v) is 2.87. The van der Waals surface area contributed by atoms with Crippen LogP contribution in [0.2, 0.25) is 0 Å². The number of hydrogen-bond acceptors (Lipinski definition) is 1. The van der Waals surface area contributed by atoms with E-state index in [2.05, 4.69) is 6.07 Å². The van der Waals surface area contributed by atoms with Crippen LogP contribution in [0.3, 0.4) is 0 Å². The summed E-state index contributed by atoms with van der Waals surface area (Å²) in [5.41, 5.74) is 3.86. The monoisotopic (exact) mass is 218 g/mol. The van der Waals surface area contributed by atoms with Crippen LogP contribution in [0.4, 0.5) is 0 Å². The number of hydrogen-bond donors (Lipinski definition) is 0. The maximum absolute atomic E-state index is 9.22. The van der Waals surface area contributed by atoms with E-state index in [9.17, 15) is 5.26 Å². The molecule has 0 unspecified atom stereocenters. The molecule has 0 bridgehead atoms. The Bertz CT molecular complexity index is 703. The molecule has 0 aliphatic heterocycles. The van der Waals surface area contributed by atoms with Crippen molar-refractivity contribution in [3.05, 3.63) is 66.5 Å². The van der Waals surface area contributed by atoms with Gasteiger partial charge in [-0.05, 0) is 17.7 Å². The highest BCUT2D eigenvalue weighted by atomic mass is 14.9. The number of nitriles is 1. The summed E-state index contributed by atoms with van der Waals surface area (Å²) in [4.78, 5) is 0. The minimum Gasteiger partial charge on any atom is -0.322 e. The predicted octanol–water partition coefficient (Wildman–Crippen LogP) is 3.48. The van der Waals surface area contributed by atoms with E-state index >= 15 is 0 Å². The lowest BCUT2D eigenvalue weighted by Crippen LogP contribution is -1.81. The van der Waals surface area contributed by atoms with E-state index in [0.717, 1.165) is 16.6 Å². The molecule has 0 spiro atoms. The zero-order valence-electron chi connectivity index (χ0n) is 9.17. The maximum Gasteiger partial charge on any atom is 0.101 e. The Morgan fingerprint density at radius 3 is 2.47 bits per heavy atom. The van der Waals surface area contributed by atoms with Gasteiger partial charge in [-0.15, -0.1) is 0 Å². The fourth-order valence-electron chi connectivity index (χ4n) is 2.12. The molecule has 2 aromatic heterocycles. The Hall–Kier alpha value is -2.53. The lowest BCUT2D eigenvalue weighted by Gasteiger charge is -2.00. The molecule has 0 saturated carbocycles. The molecule has 17 heavy (non-hydrogen) atoms. The van der Waals surface area contributed by atoms with E-state index in [-0.39, 0.29) is 0 Å². The van der Waals surface area contributed by atoms with Crippen molar-refractivity contribution in [2.24, 2.45) is 0 Å². The van der Waals surface area contributed by atoms with Crippen molar-refractivity contribution in [1.29, 1.82) is 5.26 Å². The molecule has 2 nitrogen and oxygen atoms in total. The molecule has 2 heterocycles. The largest absolute Gasteiger partial charge is 0.322 e. The van der Waals surface area contributed by atoms with E-state index in [1.807, 2.05) is 65.3 Å².